The summed E-state index contributed by atoms with van der Waals surface area (Å²) in [7, 11) is 0. The number of rotatable bonds is 5. The predicted molar refractivity (Wildman–Crippen MR) is 56.8 cm³/mol. The summed E-state index contributed by atoms with van der Waals surface area (Å²) in [6, 6.07) is 0. The van der Waals surface area contributed by atoms with E-state index in [0.717, 1.165) is 17.7 Å². The number of aromatic nitrogens is 2. The number of allylic oxidation sites excluding steroid dienone is 1. The first-order valence-corrected chi connectivity index (χ1v) is 4.84. The van der Waals surface area contributed by atoms with Gasteiger partial charge >= 0.3 is 5.95 Å². The predicted octanol–water partition coefficient (Wildman–Crippen LogP) is 1.08. The normalized spacial score (nSPS) is 11.9. The number of hydrogen-bond donors (Lipinski definition) is 1. The molecular formula is C9H10F2N4O3. The molecule has 0 atom stereocenters. The van der Waals surface area contributed by atoms with Crippen molar-refractivity contribution in [1.29, 1.82) is 0 Å². The molecule has 0 aliphatic rings. The van der Waals surface area contributed by atoms with Crippen LogP contribution >= 0.6 is 0 Å². The topological polar surface area (TPSA) is 90.1 Å². The zero-order chi connectivity index (χ0) is 13.7. The molecule has 0 bridgehead atoms. The average Bonchev–Trinajstić information content (AvgIpc) is 2.73. The Labute approximate surface area is 100 Å². The van der Waals surface area contributed by atoms with E-state index in [-0.39, 0.29) is 0 Å². The van der Waals surface area contributed by atoms with Crippen LogP contribution in [0.4, 0.5) is 14.7 Å². The number of carbonyl (C=O) groups excluding carboxylic acids is 1. The van der Waals surface area contributed by atoms with Gasteiger partial charge in [-0.05, 0) is 11.8 Å². The highest BCUT2D eigenvalue weighted by atomic mass is 19.2. The molecule has 0 spiro atoms. The lowest BCUT2D eigenvalue weighted by molar-refractivity contribution is -0.396. The van der Waals surface area contributed by atoms with Gasteiger partial charge in [0, 0.05) is 0 Å². The van der Waals surface area contributed by atoms with Crippen molar-refractivity contribution in [3.63, 3.8) is 0 Å². The highest BCUT2D eigenvalue weighted by Gasteiger charge is 2.17. The highest BCUT2D eigenvalue weighted by molar-refractivity contribution is 5.76. The lowest BCUT2D eigenvalue weighted by Crippen LogP contribution is -2.29. The van der Waals surface area contributed by atoms with Gasteiger partial charge in [0.15, 0.2) is 12.4 Å². The van der Waals surface area contributed by atoms with Crippen LogP contribution in [0.3, 0.4) is 0 Å². The third-order valence-corrected chi connectivity index (χ3v) is 1.99. The standard InChI is InChI=1S/C9H10F2N4O3/c1-6(10)7(11)4-13-8(16)5-14-3-2-12-9(14)15(17)18/h2-3H,4-5H2,1H3,(H,13,16). The van der Waals surface area contributed by atoms with Crippen LogP contribution in [0.15, 0.2) is 24.0 Å². The van der Waals surface area contributed by atoms with Gasteiger partial charge in [-0.2, -0.15) is 0 Å². The molecule has 0 aromatic carbocycles. The molecule has 18 heavy (non-hydrogen) atoms. The smallest absolute Gasteiger partial charge is 0.390 e. The summed E-state index contributed by atoms with van der Waals surface area (Å²) in [5.74, 6) is -3.30. The Morgan fingerprint density at radius 1 is 1.61 bits per heavy atom. The molecular weight excluding hydrogens is 250 g/mol. The van der Waals surface area contributed by atoms with Gasteiger partial charge in [0.2, 0.25) is 0 Å². The lowest BCUT2D eigenvalue weighted by Gasteiger charge is -2.03. The molecule has 7 nitrogen and oxygen atoms in total. The van der Waals surface area contributed by atoms with E-state index in [1.807, 2.05) is 0 Å². The minimum Gasteiger partial charge on any atom is -0.390 e. The number of nitro groups is 1. The maximum absolute atomic E-state index is 12.7. The van der Waals surface area contributed by atoms with E-state index in [1.54, 1.807) is 0 Å². The summed E-state index contributed by atoms with van der Waals surface area (Å²) in [5.41, 5.74) is 0. The molecule has 1 rings (SSSR count). The van der Waals surface area contributed by atoms with Crippen LogP contribution in [0.2, 0.25) is 0 Å². The van der Waals surface area contributed by atoms with Crippen molar-refractivity contribution in [3.05, 3.63) is 34.2 Å². The van der Waals surface area contributed by atoms with Gasteiger partial charge in [0.1, 0.15) is 18.2 Å². The van der Waals surface area contributed by atoms with E-state index in [4.69, 9.17) is 0 Å². The maximum Gasteiger partial charge on any atom is 0.435 e. The van der Waals surface area contributed by atoms with E-state index in [0.29, 0.717) is 0 Å². The zero-order valence-corrected chi connectivity index (χ0v) is 9.39. The van der Waals surface area contributed by atoms with Crippen molar-refractivity contribution in [2.45, 2.75) is 13.5 Å². The maximum atomic E-state index is 12.7. The van der Waals surface area contributed by atoms with E-state index >= 15 is 0 Å². The molecule has 0 unspecified atom stereocenters. The first-order valence-electron chi connectivity index (χ1n) is 4.84. The van der Waals surface area contributed by atoms with Crippen molar-refractivity contribution in [3.8, 4) is 0 Å². The molecule has 0 saturated heterocycles. The molecule has 98 valence electrons. The second kappa shape index (κ2) is 5.84. The minimum absolute atomic E-state index is 0.394. The van der Waals surface area contributed by atoms with Crippen LogP contribution in [-0.4, -0.2) is 26.9 Å². The Morgan fingerprint density at radius 2 is 2.28 bits per heavy atom. The van der Waals surface area contributed by atoms with Gasteiger partial charge in [-0.3, -0.25) is 4.79 Å². The average molecular weight is 260 g/mol. The molecule has 0 radical (unpaired) electrons. The monoisotopic (exact) mass is 260 g/mol. The molecule has 1 aromatic heterocycles. The Hall–Kier alpha value is -2.32. The molecule has 1 amide bonds. The summed E-state index contributed by atoms with van der Waals surface area (Å²) in [5, 5.41) is 12.6. The van der Waals surface area contributed by atoms with Gasteiger partial charge in [-0.25, -0.2) is 13.3 Å². The van der Waals surface area contributed by atoms with Crippen LogP contribution < -0.4 is 5.32 Å². The first kappa shape index (κ1) is 13.7. The molecule has 0 saturated carbocycles. The fourth-order valence-corrected chi connectivity index (χ4v) is 1.11. The first-order chi connectivity index (χ1) is 8.41. The summed E-state index contributed by atoms with van der Waals surface area (Å²) in [4.78, 5) is 24.5. The fourth-order valence-electron chi connectivity index (χ4n) is 1.11. The van der Waals surface area contributed by atoms with Crippen LogP contribution in [0.25, 0.3) is 0 Å². The van der Waals surface area contributed by atoms with E-state index < -0.39 is 41.5 Å². The quantitative estimate of drug-likeness (QED) is 0.633. The second-order valence-corrected chi connectivity index (χ2v) is 3.33. The highest BCUT2D eigenvalue weighted by Crippen LogP contribution is 2.07. The molecule has 0 aliphatic heterocycles. The van der Waals surface area contributed by atoms with Crippen molar-refractivity contribution >= 4 is 11.9 Å². The molecule has 0 fully saturated rings. The minimum atomic E-state index is -1.09. The number of amides is 1. The summed E-state index contributed by atoms with van der Waals surface area (Å²) < 4.78 is 26.1. The van der Waals surface area contributed by atoms with Gasteiger partial charge in [-0.15, -0.1) is 0 Å². The van der Waals surface area contributed by atoms with Crippen LogP contribution in [0.5, 0.6) is 0 Å². The number of halogens is 2. The number of nitrogens with one attached hydrogen (secondary N) is 1. The SMILES string of the molecule is CC(F)=C(F)CNC(=O)Cn1ccnc1[N+](=O)[O-]. The molecule has 0 aliphatic carbocycles. The number of hydrogen-bond acceptors (Lipinski definition) is 4. The molecule has 1 aromatic rings. The third-order valence-electron chi connectivity index (χ3n) is 1.99. The van der Waals surface area contributed by atoms with Crippen LogP contribution in [-0.2, 0) is 11.3 Å². The second-order valence-electron chi connectivity index (χ2n) is 3.33. The fraction of sp³-hybridized carbons (Fsp3) is 0.333. The largest absolute Gasteiger partial charge is 0.435 e. The van der Waals surface area contributed by atoms with Gasteiger partial charge in [-0.1, -0.05) is 4.98 Å². The van der Waals surface area contributed by atoms with E-state index in [2.05, 4.69) is 10.3 Å². The van der Waals surface area contributed by atoms with Crippen molar-refractivity contribution in [2.24, 2.45) is 0 Å². The molecule has 9 heteroatoms. The Balaban J connectivity index is 2.58. The lowest BCUT2D eigenvalue weighted by atomic mass is 10.4. The van der Waals surface area contributed by atoms with Crippen molar-refractivity contribution < 1.29 is 18.5 Å². The molecule has 1 N–H and O–H groups in total. The Kier molecular flexibility index (Phi) is 4.46. The summed E-state index contributed by atoms with van der Waals surface area (Å²) in [6.45, 7) is -0.0687. The van der Waals surface area contributed by atoms with Crippen molar-refractivity contribution in [1.82, 2.24) is 14.9 Å². The zero-order valence-electron chi connectivity index (χ0n) is 9.39. The van der Waals surface area contributed by atoms with E-state index in [1.165, 1.54) is 6.20 Å². The number of nitrogens with zero attached hydrogens (tertiary/aromatic N) is 3. The number of imidazole rings is 1. The van der Waals surface area contributed by atoms with Gasteiger partial charge in [0.05, 0.1) is 6.54 Å². The van der Waals surface area contributed by atoms with Crippen LogP contribution in [0.1, 0.15) is 6.92 Å². The van der Waals surface area contributed by atoms with Crippen molar-refractivity contribution in [2.75, 3.05) is 6.54 Å². The Bertz CT molecular complexity index is 494. The van der Waals surface area contributed by atoms with Gasteiger partial charge in [0.25, 0.3) is 5.91 Å². The van der Waals surface area contributed by atoms with Gasteiger partial charge < -0.3 is 15.4 Å². The third kappa shape index (κ3) is 3.61. The molecule has 1 heterocycles. The van der Waals surface area contributed by atoms with Crippen LogP contribution in [0, 0.1) is 10.1 Å². The number of carbonyl (C=O) groups is 1. The summed E-state index contributed by atoms with van der Waals surface area (Å²) in [6.07, 6.45) is 2.40. The Morgan fingerprint density at radius 3 is 2.83 bits per heavy atom. The summed E-state index contributed by atoms with van der Waals surface area (Å²) >= 11 is 0. The van der Waals surface area contributed by atoms with E-state index in [9.17, 15) is 23.7 Å².